The van der Waals surface area contributed by atoms with Crippen LogP contribution in [0.2, 0.25) is 0 Å². The van der Waals surface area contributed by atoms with Crippen LogP contribution in [0.4, 0.5) is 0 Å². The Morgan fingerprint density at radius 3 is 2.22 bits per heavy atom. The summed E-state index contributed by atoms with van der Waals surface area (Å²) < 4.78 is 1.65. The van der Waals surface area contributed by atoms with Crippen LogP contribution < -0.4 is 0 Å². The Kier molecular flexibility index (Phi) is 5.42. The van der Waals surface area contributed by atoms with E-state index in [0.29, 0.717) is 13.1 Å². The summed E-state index contributed by atoms with van der Waals surface area (Å²) in [5.74, 6) is -0.570. The molecule has 1 rings (SSSR count). The van der Waals surface area contributed by atoms with Gasteiger partial charge in [0.05, 0.1) is 0 Å². The zero-order valence-electron chi connectivity index (χ0n) is 9.61. The Bertz CT molecular complexity index is 384. The van der Waals surface area contributed by atoms with Crippen LogP contribution in [0.15, 0.2) is 25.3 Å². The van der Waals surface area contributed by atoms with Crippen LogP contribution in [0.1, 0.15) is 0 Å². The third-order valence-corrected chi connectivity index (χ3v) is 6.00. The minimum Gasteiger partial charge on any atom is -0.326 e. The van der Waals surface area contributed by atoms with Gasteiger partial charge < -0.3 is 4.90 Å². The molecule has 0 spiro atoms. The minimum absolute atomic E-state index is 0.215. The zero-order valence-corrected chi connectivity index (χ0v) is 12.9. The first kappa shape index (κ1) is 15.7. The summed E-state index contributed by atoms with van der Waals surface area (Å²) in [5.41, 5.74) is 0. The van der Waals surface area contributed by atoms with Crippen LogP contribution >= 0.6 is 33.2 Å². The van der Waals surface area contributed by atoms with Crippen molar-refractivity contribution in [1.82, 2.24) is 9.47 Å². The molecule has 0 aromatic heterocycles. The number of hydrogen-bond acceptors (Lipinski definition) is 3. The molecule has 1 atom stereocenters. The highest BCUT2D eigenvalue weighted by molar-refractivity contribution is 7.63. The predicted molar refractivity (Wildman–Crippen MR) is 75.8 cm³/mol. The summed E-state index contributed by atoms with van der Waals surface area (Å²) in [4.78, 5) is 24.9. The Morgan fingerprint density at radius 2 is 1.78 bits per heavy atom. The molecule has 1 saturated heterocycles. The Balaban J connectivity index is 2.92. The molecule has 1 fully saturated rings. The van der Waals surface area contributed by atoms with E-state index >= 15 is 0 Å². The average Bonchev–Trinajstić information content (AvgIpc) is 2.35. The van der Waals surface area contributed by atoms with Crippen molar-refractivity contribution in [2.24, 2.45) is 0 Å². The van der Waals surface area contributed by atoms with Crippen molar-refractivity contribution in [3.8, 4) is 0 Å². The summed E-state index contributed by atoms with van der Waals surface area (Å²) >= 11 is 17.8. The second-order valence-electron chi connectivity index (χ2n) is 3.77. The van der Waals surface area contributed by atoms with Gasteiger partial charge in [0.2, 0.25) is 5.91 Å². The maximum absolute atomic E-state index is 11.8. The fourth-order valence-electron chi connectivity index (χ4n) is 1.77. The van der Waals surface area contributed by atoms with Crippen LogP contribution in [0.25, 0.3) is 0 Å². The van der Waals surface area contributed by atoms with Crippen LogP contribution in [0.3, 0.4) is 0 Å². The SMILES string of the molecule is C=CC(=O)C1CN([Si](Cl)(Cl)Cl)CCN1C(=O)C=C. The van der Waals surface area contributed by atoms with Gasteiger partial charge in [0.15, 0.2) is 5.78 Å². The molecule has 0 radical (unpaired) electrons. The van der Waals surface area contributed by atoms with Crippen LogP contribution in [0.5, 0.6) is 0 Å². The summed E-state index contributed by atoms with van der Waals surface area (Å²) in [6.07, 6.45) is -0.681. The number of amides is 1. The molecule has 4 nitrogen and oxygen atoms in total. The third-order valence-electron chi connectivity index (χ3n) is 2.73. The van der Waals surface area contributed by atoms with E-state index in [1.54, 1.807) is 4.57 Å². The Labute approximate surface area is 121 Å². The monoisotopic (exact) mass is 326 g/mol. The lowest BCUT2D eigenvalue weighted by Crippen LogP contribution is -2.61. The van der Waals surface area contributed by atoms with Gasteiger partial charge in [-0.1, -0.05) is 13.2 Å². The molecule has 1 amide bonds. The van der Waals surface area contributed by atoms with Crippen molar-refractivity contribution in [2.75, 3.05) is 19.6 Å². The molecule has 1 aliphatic rings. The van der Waals surface area contributed by atoms with Crippen molar-refractivity contribution in [2.45, 2.75) is 6.04 Å². The molecule has 0 aromatic carbocycles. The second kappa shape index (κ2) is 6.21. The van der Waals surface area contributed by atoms with Gasteiger partial charge in [-0.15, -0.1) is 33.2 Å². The van der Waals surface area contributed by atoms with E-state index in [4.69, 9.17) is 33.2 Å². The van der Waals surface area contributed by atoms with Crippen molar-refractivity contribution < 1.29 is 9.59 Å². The molecule has 0 saturated carbocycles. The highest BCUT2D eigenvalue weighted by Gasteiger charge is 2.42. The van der Waals surface area contributed by atoms with E-state index in [1.165, 1.54) is 17.1 Å². The normalized spacial score (nSPS) is 21.5. The van der Waals surface area contributed by atoms with Gasteiger partial charge >= 0.3 is 6.16 Å². The summed E-state index contributed by atoms with van der Waals surface area (Å²) in [6, 6.07) is -0.662. The zero-order chi connectivity index (χ0) is 13.9. The maximum atomic E-state index is 11.8. The molecule has 0 N–H and O–H groups in total. The number of nitrogens with zero attached hydrogens (tertiary/aromatic N) is 2. The summed E-state index contributed by atoms with van der Waals surface area (Å²) in [6.45, 7) is 7.81. The number of ketones is 1. The summed E-state index contributed by atoms with van der Waals surface area (Å²) in [5, 5.41) is 0. The number of piperazine rings is 1. The largest absolute Gasteiger partial charge is 0.424 e. The van der Waals surface area contributed by atoms with Gasteiger partial charge in [0.25, 0.3) is 0 Å². The number of carbonyl (C=O) groups excluding carboxylic acids is 2. The molecule has 1 heterocycles. The molecule has 0 aromatic rings. The molecule has 18 heavy (non-hydrogen) atoms. The minimum atomic E-state index is -3.03. The molecular weight excluding hydrogens is 315 g/mol. The first-order valence-electron chi connectivity index (χ1n) is 5.22. The topological polar surface area (TPSA) is 40.6 Å². The third kappa shape index (κ3) is 3.58. The fraction of sp³-hybridized carbons (Fsp3) is 0.400. The van der Waals surface area contributed by atoms with E-state index in [-0.39, 0.29) is 18.2 Å². The van der Waals surface area contributed by atoms with Gasteiger partial charge in [-0.2, -0.15) is 0 Å². The van der Waals surface area contributed by atoms with Crippen LogP contribution in [-0.4, -0.2) is 53.0 Å². The van der Waals surface area contributed by atoms with Crippen molar-refractivity contribution in [3.05, 3.63) is 25.3 Å². The molecule has 1 unspecified atom stereocenters. The first-order chi connectivity index (χ1) is 8.31. The van der Waals surface area contributed by atoms with Crippen LogP contribution in [-0.2, 0) is 9.59 Å². The van der Waals surface area contributed by atoms with Crippen molar-refractivity contribution in [3.63, 3.8) is 0 Å². The number of hydrogen-bond donors (Lipinski definition) is 0. The van der Waals surface area contributed by atoms with Crippen LogP contribution in [0, 0.1) is 0 Å². The molecule has 0 aliphatic carbocycles. The molecule has 1 aliphatic heterocycles. The molecule has 100 valence electrons. The molecule has 8 heteroatoms. The fourth-order valence-corrected chi connectivity index (χ4v) is 3.89. The van der Waals surface area contributed by atoms with E-state index < -0.39 is 12.2 Å². The number of rotatable bonds is 4. The van der Waals surface area contributed by atoms with E-state index in [9.17, 15) is 9.59 Å². The van der Waals surface area contributed by atoms with E-state index in [1.807, 2.05) is 0 Å². The summed E-state index contributed by atoms with van der Waals surface area (Å²) in [7, 11) is 0. The van der Waals surface area contributed by atoms with E-state index in [2.05, 4.69) is 13.2 Å². The van der Waals surface area contributed by atoms with Gasteiger partial charge in [0, 0.05) is 19.6 Å². The lowest BCUT2D eigenvalue weighted by molar-refractivity contribution is -0.136. The highest BCUT2D eigenvalue weighted by atomic mass is 35.8. The van der Waals surface area contributed by atoms with Crippen molar-refractivity contribution in [1.29, 1.82) is 0 Å². The maximum Gasteiger partial charge on any atom is 0.424 e. The molecule has 0 bridgehead atoms. The highest BCUT2D eigenvalue weighted by Crippen LogP contribution is 2.27. The Morgan fingerprint density at radius 1 is 1.17 bits per heavy atom. The van der Waals surface area contributed by atoms with Crippen molar-refractivity contribution >= 4 is 51.1 Å². The van der Waals surface area contributed by atoms with Gasteiger partial charge in [-0.25, -0.2) is 0 Å². The lowest BCUT2D eigenvalue weighted by Gasteiger charge is -2.41. The lowest BCUT2D eigenvalue weighted by atomic mass is 10.1. The predicted octanol–water partition coefficient (Wildman–Crippen LogP) is 1.59. The van der Waals surface area contributed by atoms with Gasteiger partial charge in [-0.05, 0) is 12.2 Å². The number of carbonyl (C=O) groups is 2. The molecular formula is C10H13Cl3N2O2Si. The quantitative estimate of drug-likeness (QED) is 0.447. The first-order valence-corrected chi connectivity index (χ1v) is 10.2. The smallest absolute Gasteiger partial charge is 0.326 e. The Hall–Kier alpha value is -0.333. The van der Waals surface area contributed by atoms with Gasteiger partial charge in [-0.3, -0.25) is 14.2 Å². The second-order valence-corrected chi connectivity index (χ2v) is 12.0. The number of halogens is 3. The average molecular weight is 328 g/mol. The van der Waals surface area contributed by atoms with Gasteiger partial charge in [0.1, 0.15) is 6.04 Å². The standard InChI is InChI=1S/C10H13Cl3N2O2Si/c1-3-9(16)8-7-14(18(11,12)13)5-6-15(8)10(17)4-2/h3-4,8H,1-2,5-7H2. The van der Waals surface area contributed by atoms with E-state index in [0.717, 1.165) is 0 Å².